The Morgan fingerprint density at radius 1 is 1.21 bits per heavy atom. The maximum atomic E-state index is 12.6. The Morgan fingerprint density at radius 3 is 2.62 bits per heavy atom. The van der Waals surface area contributed by atoms with Crippen LogP contribution in [0, 0.1) is 5.92 Å². The lowest BCUT2D eigenvalue weighted by molar-refractivity contribution is -0.130. The number of ether oxygens (including phenoxy) is 1. The van der Waals surface area contributed by atoms with Crippen LogP contribution < -0.4 is 10.1 Å². The average molecular weight is 393 g/mol. The monoisotopic (exact) mass is 393 g/mol. The maximum absolute atomic E-state index is 12.6. The molecule has 1 aliphatic carbocycles. The topological polar surface area (TPSA) is 91.2 Å². The predicted molar refractivity (Wildman–Crippen MR) is 109 cm³/mol. The van der Waals surface area contributed by atoms with Crippen LogP contribution >= 0.6 is 0 Å². The lowest BCUT2D eigenvalue weighted by Crippen LogP contribution is -2.25. The number of nitrogens with one attached hydrogen (secondary N) is 1. The van der Waals surface area contributed by atoms with Gasteiger partial charge in [-0.3, -0.25) is 9.59 Å². The average Bonchev–Trinajstić information content (AvgIpc) is 3.45. The summed E-state index contributed by atoms with van der Waals surface area (Å²) >= 11 is 0. The quantitative estimate of drug-likeness (QED) is 0.789. The first-order valence-electron chi connectivity index (χ1n) is 9.68. The van der Waals surface area contributed by atoms with Crippen LogP contribution in [0.5, 0.6) is 11.5 Å². The van der Waals surface area contributed by atoms with Crippen LogP contribution in [0.25, 0.3) is 0 Å². The molecule has 4 rings (SSSR count). The molecule has 1 fully saturated rings. The Morgan fingerprint density at radius 2 is 1.97 bits per heavy atom. The van der Waals surface area contributed by atoms with Crippen molar-refractivity contribution in [3.05, 3.63) is 53.6 Å². The Kier molecular flexibility index (Phi) is 5.20. The second-order valence-electron chi connectivity index (χ2n) is 7.34. The highest BCUT2D eigenvalue weighted by Crippen LogP contribution is 2.30. The smallest absolute Gasteiger partial charge is 0.247 e. The number of nitrogens with zero attached hydrogens (tertiary/aromatic N) is 2. The molecule has 0 atom stereocenters. The zero-order chi connectivity index (χ0) is 20.4. The Labute approximate surface area is 169 Å². The molecule has 2 aromatic rings. The summed E-state index contributed by atoms with van der Waals surface area (Å²) < 4.78 is 5.02. The fourth-order valence-electron chi connectivity index (χ4n) is 3.29. The third-order valence-corrected chi connectivity index (χ3v) is 5.12. The summed E-state index contributed by atoms with van der Waals surface area (Å²) in [5.41, 5.74) is 3.26. The van der Waals surface area contributed by atoms with Gasteiger partial charge in [-0.2, -0.15) is 5.10 Å². The number of anilines is 1. The largest absolute Gasteiger partial charge is 0.504 e. The molecule has 0 saturated heterocycles. The number of hydrazone groups is 1. The van der Waals surface area contributed by atoms with E-state index in [1.165, 1.54) is 18.2 Å². The van der Waals surface area contributed by atoms with Crippen molar-refractivity contribution in [3.63, 3.8) is 0 Å². The van der Waals surface area contributed by atoms with Crippen LogP contribution in [0.4, 0.5) is 5.69 Å². The summed E-state index contributed by atoms with van der Waals surface area (Å²) in [6, 6.07) is 12.5. The van der Waals surface area contributed by atoms with Crippen LogP contribution in [0.2, 0.25) is 0 Å². The first kappa shape index (κ1) is 19.0. The van der Waals surface area contributed by atoms with Gasteiger partial charge in [0.05, 0.1) is 25.8 Å². The van der Waals surface area contributed by atoms with Crippen molar-refractivity contribution >= 4 is 23.2 Å². The van der Waals surface area contributed by atoms with Gasteiger partial charge >= 0.3 is 0 Å². The number of benzene rings is 2. The van der Waals surface area contributed by atoms with Crippen molar-refractivity contribution in [1.82, 2.24) is 5.01 Å². The van der Waals surface area contributed by atoms with E-state index in [4.69, 9.17) is 4.74 Å². The Bertz CT molecular complexity index is 965. The highest BCUT2D eigenvalue weighted by molar-refractivity contribution is 6.03. The molecule has 0 bridgehead atoms. The molecule has 0 spiro atoms. The van der Waals surface area contributed by atoms with Crippen LogP contribution in [0.1, 0.15) is 30.4 Å². The highest BCUT2D eigenvalue weighted by Gasteiger charge is 2.29. The molecule has 1 saturated carbocycles. The first-order valence-corrected chi connectivity index (χ1v) is 9.68. The lowest BCUT2D eigenvalue weighted by Gasteiger charge is -2.12. The van der Waals surface area contributed by atoms with E-state index in [9.17, 15) is 14.7 Å². The van der Waals surface area contributed by atoms with Gasteiger partial charge in [0.1, 0.15) is 0 Å². The van der Waals surface area contributed by atoms with Gasteiger partial charge in [-0.05, 0) is 48.2 Å². The van der Waals surface area contributed by atoms with Crippen molar-refractivity contribution in [2.24, 2.45) is 11.0 Å². The van der Waals surface area contributed by atoms with Crippen molar-refractivity contribution in [2.45, 2.75) is 25.7 Å². The van der Waals surface area contributed by atoms with E-state index < -0.39 is 0 Å². The molecule has 0 unspecified atom stereocenters. The van der Waals surface area contributed by atoms with Crippen molar-refractivity contribution < 1.29 is 19.4 Å². The molecule has 7 heteroatoms. The van der Waals surface area contributed by atoms with Gasteiger partial charge in [0.25, 0.3) is 0 Å². The predicted octanol–water partition coefficient (Wildman–Crippen LogP) is 2.93. The van der Waals surface area contributed by atoms with Crippen LogP contribution in [0.15, 0.2) is 47.6 Å². The lowest BCUT2D eigenvalue weighted by atomic mass is 10.1. The highest BCUT2D eigenvalue weighted by atomic mass is 16.5. The number of amides is 2. The minimum Gasteiger partial charge on any atom is -0.504 e. The van der Waals surface area contributed by atoms with Gasteiger partial charge < -0.3 is 15.2 Å². The van der Waals surface area contributed by atoms with Gasteiger partial charge in [-0.15, -0.1) is 0 Å². The Hall–Kier alpha value is -3.35. The van der Waals surface area contributed by atoms with Gasteiger partial charge in [-0.1, -0.05) is 18.2 Å². The number of aromatic hydroxyl groups is 1. The summed E-state index contributed by atoms with van der Waals surface area (Å²) in [5, 5.41) is 18.7. The maximum Gasteiger partial charge on any atom is 0.247 e. The third-order valence-electron chi connectivity index (χ3n) is 5.12. The second-order valence-corrected chi connectivity index (χ2v) is 7.34. The van der Waals surface area contributed by atoms with Gasteiger partial charge in [0.15, 0.2) is 11.5 Å². The zero-order valence-corrected chi connectivity index (χ0v) is 16.2. The van der Waals surface area contributed by atoms with Crippen LogP contribution in [-0.2, 0) is 16.0 Å². The van der Waals surface area contributed by atoms with Crippen molar-refractivity contribution in [2.75, 3.05) is 19.0 Å². The summed E-state index contributed by atoms with van der Waals surface area (Å²) in [6.45, 7) is 0.524. The minimum atomic E-state index is -0.127. The van der Waals surface area contributed by atoms with E-state index in [0.29, 0.717) is 24.3 Å². The van der Waals surface area contributed by atoms with E-state index in [2.05, 4.69) is 10.4 Å². The van der Waals surface area contributed by atoms with Gasteiger partial charge in [0.2, 0.25) is 11.8 Å². The number of hydrogen-bond acceptors (Lipinski definition) is 5. The summed E-state index contributed by atoms with van der Waals surface area (Å²) in [7, 11) is 1.48. The van der Waals surface area contributed by atoms with E-state index in [1.807, 2.05) is 24.3 Å². The van der Waals surface area contributed by atoms with Crippen molar-refractivity contribution in [3.8, 4) is 11.5 Å². The SMILES string of the molecule is COc1ccc(CC(=O)N2CCC(c3ccc(NC(=O)C4CC4)cc3)=N2)cc1O. The first-order chi connectivity index (χ1) is 14.0. The molecule has 1 heterocycles. The summed E-state index contributed by atoms with van der Waals surface area (Å²) in [5.74, 6) is 0.507. The number of phenols is 1. The zero-order valence-electron chi connectivity index (χ0n) is 16.2. The number of rotatable bonds is 6. The number of hydrogen-bond donors (Lipinski definition) is 2. The van der Waals surface area contributed by atoms with Gasteiger partial charge in [0, 0.05) is 18.0 Å². The molecule has 7 nitrogen and oxygen atoms in total. The molecule has 2 aromatic carbocycles. The molecule has 2 aliphatic rings. The standard InChI is InChI=1S/C22H23N3O4/c1-29-20-9-2-14(12-19(20)26)13-21(27)25-11-10-18(24-25)15-5-7-17(8-6-15)23-22(28)16-3-4-16/h2,5-9,12,16,26H,3-4,10-11,13H2,1H3,(H,23,28). The van der Waals surface area contributed by atoms with Gasteiger partial charge in [-0.25, -0.2) is 5.01 Å². The second kappa shape index (κ2) is 7.95. The molecule has 1 aliphatic heterocycles. The summed E-state index contributed by atoms with van der Waals surface area (Å²) in [4.78, 5) is 24.4. The normalized spacial score (nSPS) is 15.8. The van der Waals surface area contributed by atoms with E-state index in [0.717, 1.165) is 29.8 Å². The number of carbonyl (C=O) groups excluding carboxylic acids is 2. The molecule has 29 heavy (non-hydrogen) atoms. The molecular formula is C22H23N3O4. The minimum absolute atomic E-state index is 0.0114. The van der Waals surface area contributed by atoms with E-state index >= 15 is 0 Å². The van der Waals surface area contributed by atoms with Crippen LogP contribution in [0.3, 0.4) is 0 Å². The molecule has 0 aromatic heterocycles. The fourth-order valence-corrected chi connectivity index (χ4v) is 3.29. The van der Waals surface area contributed by atoms with Crippen LogP contribution in [-0.4, -0.2) is 41.3 Å². The number of phenolic OH excluding ortho intramolecular Hbond substituents is 1. The number of carbonyl (C=O) groups is 2. The molecule has 2 N–H and O–H groups in total. The third kappa shape index (κ3) is 4.39. The van der Waals surface area contributed by atoms with E-state index in [1.54, 1.807) is 12.1 Å². The van der Waals surface area contributed by atoms with E-state index in [-0.39, 0.29) is 29.9 Å². The molecule has 150 valence electrons. The molecule has 0 radical (unpaired) electrons. The number of methoxy groups -OCH3 is 1. The molecule has 2 amide bonds. The molecular weight excluding hydrogens is 370 g/mol. The van der Waals surface area contributed by atoms with Crippen molar-refractivity contribution in [1.29, 1.82) is 0 Å². The Balaban J connectivity index is 1.38. The fraction of sp³-hybridized carbons (Fsp3) is 0.318. The summed E-state index contributed by atoms with van der Waals surface area (Å²) in [6.07, 6.45) is 2.77.